The molecule has 4 atom stereocenters. The van der Waals surface area contributed by atoms with Crippen LogP contribution in [0.15, 0.2) is 6.33 Å². The zero-order chi connectivity index (χ0) is 16.7. The Morgan fingerprint density at radius 3 is 2.71 bits per heavy atom. The normalized spacial score (nSPS) is 26.3. The number of nitrogens with zero attached hydrogens (tertiary/aromatic N) is 4. The number of nitrogens with two attached hydrogens (primary N) is 1. The summed E-state index contributed by atoms with van der Waals surface area (Å²) in [5, 5.41) is 41.4. The first-order valence-corrected chi connectivity index (χ1v) is 6.73. The monoisotopic (exact) mass is 342 g/mol. The molecule has 0 amide bonds. The first kappa shape index (κ1) is 18.0. The van der Waals surface area contributed by atoms with Crippen LogP contribution in [0.25, 0.3) is 11.0 Å². The van der Waals surface area contributed by atoms with Gasteiger partial charge in [-0.05, 0) is 0 Å². The van der Waals surface area contributed by atoms with Gasteiger partial charge in [-0.1, -0.05) is 0 Å². The number of anilines is 1. The summed E-state index contributed by atoms with van der Waals surface area (Å²) in [5.74, 6) is -0.174. The number of hydrogen-bond donors (Lipinski definition) is 5. The summed E-state index contributed by atoms with van der Waals surface area (Å²) in [6, 6.07) is 0. The summed E-state index contributed by atoms with van der Waals surface area (Å²) >= 11 is 0. The molecule has 0 radical (unpaired) electrons. The number of nitrogen functional groups attached to an aromatic ring is 1. The van der Waals surface area contributed by atoms with Crippen molar-refractivity contribution in [2.24, 2.45) is 0 Å². The molecule has 24 heavy (non-hydrogen) atoms. The lowest BCUT2D eigenvalue weighted by Crippen LogP contribution is -2.33. The van der Waals surface area contributed by atoms with Gasteiger partial charge in [-0.3, -0.25) is 5.41 Å². The van der Waals surface area contributed by atoms with Gasteiger partial charge in [0.15, 0.2) is 17.6 Å². The second-order valence-corrected chi connectivity index (χ2v) is 5.01. The van der Waals surface area contributed by atoms with Crippen LogP contribution >= 0.6 is 0 Å². The molecule has 2 aromatic rings. The average Bonchev–Trinajstić information content (AvgIpc) is 3.07. The van der Waals surface area contributed by atoms with Crippen molar-refractivity contribution in [1.29, 1.82) is 5.41 Å². The maximum absolute atomic E-state index is 10.1. The molecular formula is C12H18N6O6. The van der Waals surface area contributed by atoms with Crippen LogP contribution in [0.5, 0.6) is 0 Å². The van der Waals surface area contributed by atoms with Crippen LogP contribution < -0.4 is 5.73 Å². The number of aliphatic hydroxyl groups excluding tert-OH is 3. The van der Waals surface area contributed by atoms with Gasteiger partial charge in [0.2, 0.25) is 5.90 Å². The fourth-order valence-electron chi connectivity index (χ4n) is 2.51. The third-order valence-electron chi connectivity index (χ3n) is 3.70. The second kappa shape index (κ2) is 6.62. The molecule has 4 unspecified atom stereocenters. The standard InChI is InChI=1S/C12H16N6O5.H2O/c1-22-10(14)6-5-9(13)15-3-16-11(5)18(17-6)12-8(21)7(20)4(2-19)23-12;/h3-4,7-8,12,14,19-21H,2H2,1H3,(H2,13,15,16);1H2. The molecule has 1 aliphatic rings. The Kier molecular flexibility index (Phi) is 4.96. The van der Waals surface area contributed by atoms with E-state index in [-0.39, 0.29) is 33.9 Å². The summed E-state index contributed by atoms with van der Waals surface area (Å²) in [6.45, 7) is -0.466. The number of rotatable bonds is 3. The summed E-state index contributed by atoms with van der Waals surface area (Å²) < 4.78 is 11.5. The lowest BCUT2D eigenvalue weighted by Gasteiger charge is -2.15. The SMILES string of the molecule is COC(=N)c1nn(C2OC(CO)C(O)C2O)c2ncnc(N)c12.O. The van der Waals surface area contributed by atoms with Gasteiger partial charge >= 0.3 is 0 Å². The van der Waals surface area contributed by atoms with Gasteiger partial charge in [0.05, 0.1) is 19.1 Å². The Bertz CT molecular complexity index is 751. The largest absolute Gasteiger partial charge is 0.480 e. The van der Waals surface area contributed by atoms with E-state index < -0.39 is 31.1 Å². The van der Waals surface area contributed by atoms with Gasteiger partial charge in [0, 0.05) is 0 Å². The number of aromatic nitrogens is 4. The van der Waals surface area contributed by atoms with Crippen LogP contribution in [-0.2, 0) is 9.47 Å². The first-order valence-electron chi connectivity index (χ1n) is 6.73. The van der Waals surface area contributed by atoms with Crippen molar-refractivity contribution in [2.75, 3.05) is 19.5 Å². The van der Waals surface area contributed by atoms with Crippen molar-refractivity contribution < 1.29 is 30.3 Å². The predicted octanol–water partition coefficient (Wildman–Crippen LogP) is -2.83. The van der Waals surface area contributed by atoms with E-state index in [1.54, 1.807) is 0 Å². The fourth-order valence-corrected chi connectivity index (χ4v) is 2.51. The van der Waals surface area contributed by atoms with E-state index in [1.165, 1.54) is 18.1 Å². The maximum atomic E-state index is 10.1. The van der Waals surface area contributed by atoms with Gasteiger partial charge in [0.1, 0.15) is 30.5 Å². The number of methoxy groups -OCH3 is 1. The molecule has 1 saturated heterocycles. The van der Waals surface area contributed by atoms with Crippen molar-refractivity contribution in [3.63, 3.8) is 0 Å². The third-order valence-corrected chi connectivity index (χ3v) is 3.70. The zero-order valence-electron chi connectivity index (χ0n) is 12.6. The van der Waals surface area contributed by atoms with Gasteiger partial charge in [-0.2, -0.15) is 5.10 Å². The Morgan fingerprint density at radius 1 is 1.42 bits per heavy atom. The topological polar surface area (TPSA) is 204 Å². The smallest absolute Gasteiger partial charge is 0.234 e. The summed E-state index contributed by atoms with van der Waals surface area (Å²) in [6.07, 6.45) is -3.47. The number of hydrogen-bond acceptors (Lipinski definition) is 10. The number of aliphatic hydroxyl groups is 3. The Hall–Kier alpha value is -2.38. The molecular weight excluding hydrogens is 324 g/mol. The molecule has 12 heteroatoms. The highest BCUT2D eigenvalue weighted by molar-refractivity contribution is 6.06. The lowest BCUT2D eigenvalue weighted by atomic mass is 10.1. The minimum absolute atomic E-state index is 0. The van der Waals surface area contributed by atoms with Crippen LogP contribution in [0.3, 0.4) is 0 Å². The molecule has 3 heterocycles. The molecule has 0 aliphatic carbocycles. The molecule has 3 rings (SSSR count). The van der Waals surface area contributed by atoms with Crippen LogP contribution in [0.4, 0.5) is 5.82 Å². The predicted molar refractivity (Wildman–Crippen MR) is 80.2 cm³/mol. The van der Waals surface area contributed by atoms with Crippen molar-refractivity contribution in [3.05, 3.63) is 12.0 Å². The average molecular weight is 342 g/mol. The molecule has 12 nitrogen and oxygen atoms in total. The Balaban J connectivity index is 0.00000208. The van der Waals surface area contributed by atoms with Gasteiger partial charge in [0.25, 0.3) is 0 Å². The van der Waals surface area contributed by atoms with E-state index in [0.717, 1.165) is 0 Å². The molecule has 0 spiro atoms. The third kappa shape index (κ3) is 2.55. The van der Waals surface area contributed by atoms with Crippen molar-refractivity contribution in [1.82, 2.24) is 19.7 Å². The van der Waals surface area contributed by atoms with Crippen LogP contribution in [-0.4, -0.2) is 78.5 Å². The maximum Gasteiger partial charge on any atom is 0.234 e. The quantitative estimate of drug-likeness (QED) is 0.287. The van der Waals surface area contributed by atoms with Crippen molar-refractivity contribution in [2.45, 2.75) is 24.5 Å². The highest BCUT2D eigenvalue weighted by Crippen LogP contribution is 2.32. The minimum Gasteiger partial charge on any atom is -0.480 e. The van der Waals surface area contributed by atoms with Gasteiger partial charge in [-0.15, -0.1) is 0 Å². The summed E-state index contributed by atoms with van der Waals surface area (Å²) in [4.78, 5) is 7.91. The van der Waals surface area contributed by atoms with E-state index in [4.69, 9.17) is 20.6 Å². The van der Waals surface area contributed by atoms with E-state index in [9.17, 15) is 15.3 Å². The highest BCUT2D eigenvalue weighted by Gasteiger charge is 2.45. The summed E-state index contributed by atoms with van der Waals surface area (Å²) in [7, 11) is 1.31. The number of nitrogens with one attached hydrogen (secondary N) is 1. The molecule has 1 fully saturated rings. The van der Waals surface area contributed by atoms with Crippen LogP contribution in [0.2, 0.25) is 0 Å². The van der Waals surface area contributed by atoms with Crippen LogP contribution in [0, 0.1) is 5.41 Å². The van der Waals surface area contributed by atoms with Gasteiger partial charge < -0.3 is 36.0 Å². The van der Waals surface area contributed by atoms with Gasteiger partial charge in [-0.25, -0.2) is 14.6 Å². The molecule has 132 valence electrons. The summed E-state index contributed by atoms with van der Waals surface area (Å²) in [5.41, 5.74) is 6.12. The second-order valence-electron chi connectivity index (χ2n) is 5.01. The highest BCUT2D eigenvalue weighted by atomic mass is 16.6. The van der Waals surface area contributed by atoms with Crippen LogP contribution in [0.1, 0.15) is 11.9 Å². The van der Waals surface area contributed by atoms with Crippen molar-refractivity contribution >= 4 is 22.7 Å². The molecule has 2 aromatic heterocycles. The van der Waals surface area contributed by atoms with E-state index in [2.05, 4.69) is 15.1 Å². The fraction of sp³-hybridized carbons (Fsp3) is 0.500. The van der Waals surface area contributed by atoms with E-state index in [1.807, 2.05) is 0 Å². The van der Waals surface area contributed by atoms with E-state index in [0.29, 0.717) is 0 Å². The molecule has 1 aliphatic heterocycles. The molecule has 0 saturated carbocycles. The molecule has 0 aromatic carbocycles. The minimum atomic E-state index is -1.34. The van der Waals surface area contributed by atoms with Crippen molar-refractivity contribution in [3.8, 4) is 0 Å². The molecule has 8 N–H and O–H groups in total. The zero-order valence-corrected chi connectivity index (χ0v) is 12.6. The number of ether oxygens (including phenoxy) is 2. The van der Waals surface area contributed by atoms with E-state index >= 15 is 0 Å². The Labute approximate surface area is 135 Å². The lowest BCUT2D eigenvalue weighted by molar-refractivity contribution is -0.0567. The Morgan fingerprint density at radius 2 is 2.12 bits per heavy atom. The number of fused-ring (bicyclic) bond motifs is 1. The first-order chi connectivity index (χ1) is 11.0. The molecule has 0 bridgehead atoms.